The summed E-state index contributed by atoms with van der Waals surface area (Å²) in [6.07, 6.45) is 3.61. The molecule has 0 saturated carbocycles. The molecule has 0 bridgehead atoms. The third-order valence-electron chi connectivity index (χ3n) is 4.80. The molecule has 3 heterocycles. The predicted molar refractivity (Wildman–Crippen MR) is 99.6 cm³/mol. The van der Waals surface area contributed by atoms with Gasteiger partial charge in [-0.15, -0.1) is 0 Å². The van der Waals surface area contributed by atoms with Crippen LogP contribution in [0.3, 0.4) is 0 Å². The SMILES string of the molecule is COc1ccnc(N2CCN(C(=O)c3cn(C)c4ccccc34)CC2)n1. The first kappa shape index (κ1) is 16.4. The number of fused-ring (bicyclic) bond motifs is 1. The van der Waals surface area contributed by atoms with E-state index in [1.54, 1.807) is 19.4 Å². The number of para-hydroxylation sites is 1. The lowest BCUT2D eigenvalue weighted by molar-refractivity contribution is 0.0748. The van der Waals surface area contributed by atoms with Crippen LogP contribution in [-0.2, 0) is 7.05 Å². The number of carbonyl (C=O) groups excluding carboxylic acids is 1. The average molecular weight is 351 g/mol. The van der Waals surface area contributed by atoms with Crippen molar-refractivity contribution < 1.29 is 9.53 Å². The van der Waals surface area contributed by atoms with Crippen LogP contribution in [0.4, 0.5) is 5.95 Å². The van der Waals surface area contributed by atoms with Crippen LogP contribution in [0.2, 0.25) is 0 Å². The lowest BCUT2D eigenvalue weighted by atomic mass is 10.1. The molecule has 1 amide bonds. The van der Waals surface area contributed by atoms with Crippen LogP contribution < -0.4 is 9.64 Å². The summed E-state index contributed by atoms with van der Waals surface area (Å²) in [6.45, 7) is 2.68. The summed E-state index contributed by atoms with van der Waals surface area (Å²) in [6, 6.07) is 9.72. The maximum atomic E-state index is 13.0. The van der Waals surface area contributed by atoms with Gasteiger partial charge in [-0.25, -0.2) is 4.98 Å². The van der Waals surface area contributed by atoms with Gasteiger partial charge < -0.3 is 19.1 Å². The zero-order valence-corrected chi connectivity index (χ0v) is 14.9. The van der Waals surface area contributed by atoms with E-state index >= 15 is 0 Å². The number of hydrogen-bond donors (Lipinski definition) is 0. The van der Waals surface area contributed by atoms with Crippen molar-refractivity contribution in [1.82, 2.24) is 19.4 Å². The molecule has 2 aromatic heterocycles. The number of benzene rings is 1. The molecule has 0 aliphatic carbocycles. The summed E-state index contributed by atoms with van der Waals surface area (Å²) >= 11 is 0. The van der Waals surface area contributed by atoms with Crippen LogP contribution in [0.1, 0.15) is 10.4 Å². The fraction of sp³-hybridized carbons (Fsp3) is 0.316. The van der Waals surface area contributed by atoms with Crippen LogP contribution in [-0.4, -0.2) is 58.6 Å². The van der Waals surface area contributed by atoms with Gasteiger partial charge in [-0.3, -0.25) is 4.79 Å². The molecule has 1 aliphatic heterocycles. The highest BCUT2D eigenvalue weighted by atomic mass is 16.5. The normalized spacial score (nSPS) is 14.7. The quantitative estimate of drug-likeness (QED) is 0.722. The van der Waals surface area contributed by atoms with Gasteiger partial charge in [-0.2, -0.15) is 4.98 Å². The number of hydrogen-bond acceptors (Lipinski definition) is 5. The molecule has 4 rings (SSSR count). The van der Waals surface area contributed by atoms with Crippen molar-refractivity contribution in [3.05, 3.63) is 48.3 Å². The van der Waals surface area contributed by atoms with Crippen LogP contribution in [0.15, 0.2) is 42.7 Å². The van der Waals surface area contributed by atoms with E-state index < -0.39 is 0 Å². The van der Waals surface area contributed by atoms with Gasteiger partial charge in [0, 0.05) is 62.6 Å². The highest BCUT2D eigenvalue weighted by molar-refractivity contribution is 6.07. The second-order valence-corrected chi connectivity index (χ2v) is 6.35. The van der Waals surface area contributed by atoms with E-state index in [1.165, 1.54) is 0 Å². The maximum Gasteiger partial charge on any atom is 0.256 e. The number of amides is 1. The van der Waals surface area contributed by atoms with Gasteiger partial charge in [0.1, 0.15) is 0 Å². The van der Waals surface area contributed by atoms with Crippen LogP contribution in [0.5, 0.6) is 5.88 Å². The number of piperazine rings is 1. The van der Waals surface area contributed by atoms with Crippen molar-refractivity contribution >= 4 is 22.8 Å². The zero-order chi connectivity index (χ0) is 18.1. The Morgan fingerprint density at radius 1 is 1.12 bits per heavy atom. The Kier molecular flexibility index (Phi) is 4.20. The molecule has 0 unspecified atom stereocenters. The van der Waals surface area contributed by atoms with Gasteiger partial charge in [-0.1, -0.05) is 18.2 Å². The summed E-state index contributed by atoms with van der Waals surface area (Å²) in [4.78, 5) is 25.7. The number of aryl methyl sites for hydroxylation is 1. The third kappa shape index (κ3) is 2.85. The Hall–Kier alpha value is -3.09. The Bertz CT molecular complexity index is 944. The fourth-order valence-electron chi connectivity index (χ4n) is 3.39. The van der Waals surface area contributed by atoms with Gasteiger partial charge in [0.2, 0.25) is 11.8 Å². The molecule has 7 nitrogen and oxygen atoms in total. The molecule has 0 radical (unpaired) electrons. The summed E-state index contributed by atoms with van der Waals surface area (Å²) in [5.74, 6) is 1.26. The van der Waals surface area contributed by atoms with Crippen molar-refractivity contribution in [3.8, 4) is 5.88 Å². The number of anilines is 1. The smallest absolute Gasteiger partial charge is 0.256 e. The van der Waals surface area contributed by atoms with Crippen molar-refractivity contribution in [2.45, 2.75) is 0 Å². The van der Waals surface area contributed by atoms with Gasteiger partial charge in [0.05, 0.1) is 12.7 Å². The molecule has 134 valence electrons. The van der Waals surface area contributed by atoms with E-state index in [9.17, 15) is 4.79 Å². The largest absolute Gasteiger partial charge is 0.481 e. The maximum absolute atomic E-state index is 13.0. The Morgan fingerprint density at radius 3 is 2.65 bits per heavy atom. The summed E-state index contributed by atoms with van der Waals surface area (Å²) in [5, 5.41) is 0.999. The van der Waals surface area contributed by atoms with Crippen molar-refractivity contribution in [2.75, 3.05) is 38.2 Å². The molecule has 1 saturated heterocycles. The number of nitrogens with zero attached hydrogens (tertiary/aromatic N) is 5. The van der Waals surface area contributed by atoms with Crippen LogP contribution >= 0.6 is 0 Å². The summed E-state index contributed by atoms with van der Waals surface area (Å²) in [5.41, 5.74) is 1.83. The molecule has 0 spiro atoms. The van der Waals surface area contributed by atoms with Crippen molar-refractivity contribution in [1.29, 1.82) is 0 Å². The first-order valence-corrected chi connectivity index (χ1v) is 8.62. The number of ether oxygens (including phenoxy) is 1. The van der Waals surface area contributed by atoms with Crippen LogP contribution in [0, 0.1) is 0 Å². The lowest BCUT2D eigenvalue weighted by Gasteiger charge is -2.34. The Balaban J connectivity index is 1.49. The van der Waals surface area contributed by atoms with Gasteiger partial charge in [0.25, 0.3) is 5.91 Å². The monoisotopic (exact) mass is 351 g/mol. The van der Waals surface area contributed by atoms with E-state index in [1.807, 2.05) is 47.0 Å². The molecule has 0 N–H and O–H groups in total. The summed E-state index contributed by atoms with van der Waals surface area (Å²) < 4.78 is 7.16. The minimum absolute atomic E-state index is 0.0769. The number of aromatic nitrogens is 3. The van der Waals surface area contributed by atoms with Gasteiger partial charge in [0.15, 0.2) is 0 Å². The number of rotatable bonds is 3. The van der Waals surface area contributed by atoms with E-state index in [4.69, 9.17) is 4.74 Å². The zero-order valence-electron chi connectivity index (χ0n) is 14.9. The predicted octanol–water partition coefficient (Wildman–Crippen LogP) is 1.94. The molecule has 1 fully saturated rings. The van der Waals surface area contributed by atoms with E-state index in [-0.39, 0.29) is 5.91 Å². The minimum Gasteiger partial charge on any atom is -0.481 e. The highest BCUT2D eigenvalue weighted by Crippen LogP contribution is 2.23. The topological polar surface area (TPSA) is 63.5 Å². The molecule has 0 atom stereocenters. The van der Waals surface area contributed by atoms with E-state index in [2.05, 4.69) is 14.9 Å². The molecule has 26 heavy (non-hydrogen) atoms. The molecular formula is C19H21N5O2. The molecule has 3 aromatic rings. The second-order valence-electron chi connectivity index (χ2n) is 6.35. The number of methoxy groups -OCH3 is 1. The minimum atomic E-state index is 0.0769. The molecule has 7 heteroatoms. The standard InChI is InChI=1S/C19H21N5O2/c1-22-13-15(14-5-3-4-6-16(14)22)18(25)23-9-11-24(12-10-23)19-20-8-7-17(21-19)26-2/h3-8,13H,9-12H2,1-2H3. The Labute approximate surface area is 151 Å². The summed E-state index contributed by atoms with van der Waals surface area (Å²) in [7, 11) is 3.56. The molecular weight excluding hydrogens is 330 g/mol. The number of carbonyl (C=O) groups is 1. The lowest BCUT2D eigenvalue weighted by Crippen LogP contribution is -2.49. The second kappa shape index (κ2) is 6.67. The van der Waals surface area contributed by atoms with Crippen molar-refractivity contribution in [2.24, 2.45) is 7.05 Å². The highest BCUT2D eigenvalue weighted by Gasteiger charge is 2.25. The first-order chi connectivity index (χ1) is 12.7. The third-order valence-corrected chi connectivity index (χ3v) is 4.80. The Morgan fingerprint density at radius 2 is 1.88 bits per heavy atom. The van der Waals surface area contributed by atoms with Gasteiger partial charge >= 0.3 is 0 Å². The van der Waals surface area contributed by atoms with E-state index in [0.717, 1.165) is 16.5 Å². The van der Waals surface area contributed by atoms with Crippen LogP contribution in [0.25, 0.3) is 10.9 Å². The van der Waals surface area contributed by atoms with Crippen molar-refractivity contribution in [3.63, 3.8) is 0 Å². The molecule has 1 aliphatic rings. The molecule has 1 aromatic carbocycles. The van der Waals surface area contributed by atoms with Gasteiger partial charge in [-0.05, 0) is 6.07 Å². The first-order valence-electron chi connectivity index (χ1n) is 8.62. The van der Waals surface area contributed by atoms with E-state index in [0.29, 0.717) is 38.0 Å². The fourth-order valence-corrected chi connectivity index (χ4v) is 3.39. The average Bonchev–Trinajstić information content (AvgIpc) is 3.04.